The molecule has 0 amide bonds. The van der Waals surface area contributed by atoms with Gasteiger partial charge in [-0.15, -0.1) is 11.6 Å². The lowest BCUT2D eigenvalue weighted by atomic mass is 10.1. The third-order valence-corrected chi connectivity index (χ3v) is 2.93. The summed E-state index contributed by atoms with van der Waals surface area (Å²) in [5.41, 5.74) is 6.89. The normalized spacial score (nSPS) is 12.7. The van der Waals surface area contributed by atoms with Crippen LogP contribution in [0.3, 0.4) is 0 Å². The Labute approximate surface area is 96.8 Å². The van der Waals surface area contributed by atoms with E-state index in [1.165, 1.54) is 0 Å². The second-order valence-corrected chi connectivity index (χ2v) is 4.44. The van der Waals surface area contributed by atoms with E-state index in [1.54, 1.807) is 6.20 Å². The second-order valence-electron chi connectivity index (χ2n) is 3.83. The third kappa shape index (κ3) is 4.52. The zero-order valence-electron chi connectivity index (χ0n) is 9.25. The lowest BCUT2D eigenvalue weighted by Gasteiger charge is -2.08. The monoisotopic (exact) mass is 226 g/mol. The highest BCUT2D eigenvalue weighted by molar-refractivity contribution is 6.20. The molecule has 2 nitrogen and oxygen atoms in total. The fraction of sp³-hybridized carbons (Fsp3) is 0.583. The van der Waals surface area contributed by atoms with Crippen molar-refractivity contribution >= 4 is 17.4 Å². The number of nitrogens with zero attached hydrogens (tertiary/aromatic N) is 1. The van der Waals surface area contributed by atoms with Crippen molar-refractivity contribution in [3.05, 3.63) is 23.9 Å². The first-order chi connectivity index (χ1) is 7.24. The topological polar surface area (TPSA) is 38.9 Å². The number of hydrogen-bond donors (Lipinski definition) is 1. The molecule has 1 unspecified atom stereocenters. The molecule has 3 heteroatoms. The Kier molecular flexibility index (Phi) is 5.48. The fourth-order valence-corrected chi connectivity index (χ4v) is 2.01. The number of hydrogen-bond acceptors (Lipinski definition) is 2. The number of alkyl halides is 1. The van der Waals surface area contributed by atoms with Crippen LogP contribution in [0, 0.1) is 0 Å². The van der Waals surface area contributed by atoms with Crippen LogP contribution in [0.5, 0.6) is 0 Å². The highest BCUT2D eigenvalue weighted by atomic mass is 35.5. The van der Waals surface area contributed by atoms with Gasteiger partial charge in [-0.2, -0.15) is 0 Å². The standard InChI is InChI=1S/C12H19ClN2/c1-2-5-11(13)8-3-6-10-7-4-9-15-12(10)14/h4,7,9,11H,2-3,5-6,8H2,1H3,(H2,14,15). The van der Waals surface area contributed by atoms with Crippen molar-refractivity contribution in [3.8, 4) is 0 Å². The van der Waals surface area contributed by atoms with E-state index in [1.807, 2.05) is 12.1 Å². The van der Waals surface area contributed by atoms with Crippen LogP contribution in [0.2, 0.25) is 0 Å². The number of aryl methyl sites for hydroxylation is 1. The molecular weight excluding hydrogens is 208 g/mol. The molecular formula is C12H19ClN2. The van der Waals surface area contributed by atoms with Crippen LogP contribution in [0.15, 0.2) is 18.3 Å². The molecule has 0 saturated carbocycles. The first-order valence-electron chi connectivity index (χ1n) is 5.57. The summed E-state index contributed by atoms with van der Waals surface area (Å²) in [7, 11) is 0. The van der Waals surface area contributed by atoms with Gasteiger partial charge in [-0.3, -0.25) is 0 Å². The van der Waals surface area contributed by atoms with E-state index in [0.717, 1.165) is 37.7 Å². The predicted octanol–water partition coefficient (Wildman–Crippen LogP) is 3.39. The Morgan fingerprint density at radius 1 is 1.47 bits per heavy atom. The highest BCUT2D eigenvalue weighted by Gasteiger charge is 2.04. The molecule has 1 atom stereocenters. The van der Waals surface area contributed by atoms with Gasteiger partial charge in [0.2, 0.25) is 0 Å². The highest BCUT2D eigenvalue weighted by Crippen LogP contribution is 2.16. The number of rotatable bonds is 6. The van der Waals surface area contributed by atoms with Gasteiger partial charge < -0.3 is 5.73 Å². The molecule has 0 aliphatic heterocycles. The first kappa shape index (κ1) is 12.3. The average Bonchev–Trinajstić information content (AvgIpc) is 2.21. The molecule has 0 aromatic carbocycles. The minimum absolute atomic E-state index is 0.313. The number of halogens is 1. The summed E-state index contributed by atoms with van der Waals surface area (Å²) in [6.07, 6.45) is 7.11. The molecule has 0 fully saturated rings. The van der Waals surface area contributed by atoms with Gasteiger partial charge in [-0.25, -0.2) is 4.98 Å². The zero-order chi connectivity index (χ0) is 11.1. The van der Waals surface area contributed by atoms with E-state index in [0.29, 0.717) is 11.2 Å². The largest absolute Gasteiger partial charge is 0.383 e. The molecule has 1 heterocycles. The number of aromatic nitrogens is 1. The van der Waals surface area contributed by atoms with Crippen molar-refractivity contribution in [3.63, 3.8) is 0 Å². The maximum atomic E-state index is 6.14. The Bertz CT molecular complexity index is 289. The van der Waals surface area contributed by atoms with Crippen molar-refractivity contribution in [1.29, 1.82) is 0 Å². The summed E-state index contributed by atoms with van der Waals surface area (Å²) in [4.78, 5) is 4.06. The molecule has 1 rings (SSSR count). The molecule has 15 heavy (non-hydrogen) atoms. The van der Waals surface area contributed by atoms with Gasteiger partial charge in [0.1, 0.15) is 5.82 Å². The molecule has 0 aliphatic carbocycles. The molecule has 1 aromatic rings. The summed E-state index contributed by atoms with van der Waals surface area (Å²) >= 11 is 6.14. The third-order valence-electron chi connectivity index (χ3n) is 2.49. The lowest BCUT2D eigenvalue weighted by Crippen LogP contribution is -2.01. The van der Waals surface area contributed by atoms with E-state index in [-0.39, 0.29) is 0 Å². The van der Waals surface area contributed by atoms with E-state index in [4.69, 9.17) is 17.3 Å². The summed E-state index contributed by atoms with van der Waals surface area (Å²) < 4.78 is 0. The number of anilines is 1. The van der Waals surface area contributed by atoms with Gasteiger partial charge in [-0.05, 0) is 37.3 Å². The summed E-state index contributed by atoms with van der Waals surface area (Å²) in [5.74, 6) is 0.652. The van der Waals surface area contributed by atoms with E-state index in [9.17, 15) is 0 Å². The fourth-order valence-electron chi connectivity index (χ4n) is 1.63. The van der Waals surface area contributed by atoms with Gasteiger partial charge in [0, 0.05) is 11.6 Å². The van der Waals surface area contributed by atoms with Crippen LogP contribution < -0.4 is 5.73 Å². The average molecular weight is 227 g/mol. The Morgan fingerprint density at radius 2 is 2.27 bits per heavy atom. The van der Waals surface area contributed by atoms with E-state index < -0.39 is 0 Å². The molecule has 1 aromatic heterocycles. The van der Waals surface area contributed by atoms with Crippen molar-refractivity contribution in [1.82, 2.24) is 4.98 Å². The van der Waals surface area contributed by atoms with Crippen LogP contribution in [0.1, 0.15) is 38.2 Å². The number of nitrogen functional groups attached to an aromatic ring is 1. The maximum absolute atomic E-state index is 6.14. The molecule has 2 N–H and O–H groups in total. The van der Waals surface area contributed by atoms with Crippen LogP contribution in [-0.2, 0) is 6.42 Å². The Hall–Kier alpha value is -0.760. The van der Waals surface area contributed by atoms with Gasteiger partial charge in [-0.1, -0.05) is 19.4 Å². The summed E-state index contributed by atoms with van der Waals surface area (Å²) in [6.45, 7) is 2.16. The summed E-state index contributed by atoms with van der Waals surface area (Å²) in [5, 5.41) is 0.313. The molecule has 0 aliphatic rings. The minimum Gasteiger partial charge on any atom is -0.383 e. The van der Waals surface area contributed by atoms with Crippen LogP contribution in [-0.4, -0.2) is 10.4 Å². The quantitative estimate of drug-likeness (QED) is 0.756. The number of nitrogens with two attached hydrogens (primary N) is 1. The molecule has 0 radical (unpaired) electrons. The van der Waals surface area contributed by atoms with Crippen LogP contribution in [0.25, 0.3) is 0 Å². The van der Waals surface area contributed by atoms with Crippen molar-refractivity contribution < 1.29 is 0 Å². The first-order valence-corrected chi connectivity index (χ1v) is 6.01. The Morgan fingerprint density at radius 3 is 2.93 bits per heavy atom. The van der Waals surface area contributed by atoms with Gasteiger partial charge in [0.25, 0.3) is 0 Å². The van der Waals surface area contributed by atoms with E-state index in [2.05, 4.69) is 11.9 Å². The molecule has 0 spiro atoms. The Balaban J connectivity index is 2.29. The SMILES string of the molecule is CCCC(Cl)CCCc1cccnc1N. The van der Waals surface area contributed by atoms with Crippen LogP contribution in [0.4, 0.5) is 5.82 Å². The minimum atomic E-state index is 0.313. The van der Waals surface area contributed by atoms with Gasteiger partial charge in [0.15, 0.2) is 0 Å². The van der Waals surface area contributed by atoms with Gasteiger partial charge in [0.05, 0.1) is 0 Å². The second kappa shape index (κ2) is 6.67. The zero-order valence-corrected chi connectivity index (χ0v) is 10.0. The smallest absolute Gasteiger partial charge is 0.126 e. The van der Waals surface area contributed by atoms with Crippen LogP contribution >= 0.6 is 11.6 Å². The molecule has 0 bridgehead atoms. The lowest BCUT2D eigenvalue weighted by molar-refractivity contribution is 0.640. The van der Waals surface area contributed by atoms with Crippen molar-refractivity contribution in [2.45, 2.75) is 44.4 Å². The van der Waals surface area contributed by atoms with Gasteiger partial charge >= 0.3 is 0 Å². The molecule has 0 saturated heterocycles. The maximum Gasteiger partial charge on any atom is 0.126 e. The molecule has 84 valence electrons. The predicted molar refractivity (Wildman–Crippen MR) is 66.1 cm³/mol. The van der Waals surface area contributed by atoms with Crippen molar-refractivity contribution in [2.24, 2.45) is 0 Å². The summed E-state index contributed by atoms with van der Waals surface area (Å²) in [6, 6.07) is 3.96. The van der Waals surface area contributed by atoms with Crippen molar-refractivity contribution in [2.75, 3.05) is 5.73 Å². The van der Waals surface area contributed by atoms with E-state index >= 15 is 0 Å². The number of pyridine rings is 1.